The van der Waals surface area contributed by atoms with E-state index in [0.717, 1.165) is 4.90 Å². The summed E-state index contributed by atoms with van der Waals surface area (Å²) in [6, 6.07) is 0. The maximum atomic E-state index is 13.3. The Morgan fingerprint density at radius 1 is 1.00 bits per heavy atom. The summed E-state index contributed by atoms with van der Waals surface area (Å²) in [6.07, 6.45) is -0.314. The van der Waals surface area contributed by atoms with Gasteiger partial charge in [-0.2, -0.15) is 0 Å². The van der Waals surface area contributed by atoms with Gasteiger partial charge >= 0.3 is 5.97 Å². The normalized spacial score (nSPS) is 11.1. The van der Waals surface area contributed by atoms with Crippen molar-refractivity contribution in [1.29, 1.82) is 0 Å². The van der Waals surface area contributed by atoms with E-state index in [9.17, 15) is 26.7 Å². The van der Waals surface area contributed by atoms with Crippen LogP contribution in [0.3, 0.4) is 0 Å². The van der Waals surface area contributed by atoms with Crippen molar-refractivity contribution in [1.82, 2.24) is 4.90 Å². The molecule has 0 aromatic heterocycles. The van der Waals surface area contributed by atoms with Gasteiger partial charge in [-0.15, -0.1) is 0 Å². The maximum absolute atomic E-state index is 13.3. The minimum absolute atomic E-state index is 0.0885. The lowest BCUT2D eigenvalue weighted by molar-refractivity contribution is -0.137. The summed E-state index contributed by atoms with van der Waals surface area (Å²) >= 11 is 0. The zero-order valence-electron chi connectivity index (χ0n) is 9.81. The first-order chi connectivity index (χ1) is 8.75. The molecule has 19 heavy (non-hydrogen) atoms. The zero-order chi connectivity index (χ0) is 14.7. The molecule has 0 aliphatic carbocycles. The van der Waals surface area contributed by atoms with Gasteiger partial charge in [0.2, 0.25) is 5.82 Å². The number of aliphatic carboxylic acids is 1. The largest absolute Gasteiger partial charge is 0.481 e. The van der Waals surface area contributed by atoms with E-state index in [1.165, 1.54) is 7.05 Å². The van der Waals surface area contributed by atoms with E-state index in [-0.39, 0.29) is 13.0 Å². The van der Waals surface area contributed by atoms with Gasteiger partial charge in [0.25, 0.3) is 0 Å². The molecule has 106 valence electrons. The maximum Gasteiger partial charge on any atom is 0.304 e. The number of carboxylic acid groups (broad SMARTS) is 1. The fourth-order valence-corrected chi connectivity index (χ4v) is 1.42. The minimum Gasteiger partial charge on any atom is -0.481 e. The zero-order valence-corrected chi connectivity index (χ0v) is 9.81. The second kappa shape index (κ2) is 5.96. The van der Waals surface area contributed by atoms with Gasteiger partial charge in [0.1, 0.15) is 0 Å². The van der Waals surface area contributed by atoms with Gasteiger partial charge in [0, 0.05) is 18.7 Å². The summed E-state index contributed by atoms with van der Waals surface area (Å²) in [6.45, 7) is -0.673. The van der Waals surface area contributed by atoms with Crippen molar-refractivity contribution in [2.75, 3.05) is 13.6 Å². The van der Waals surface area contributed by atoms with Crippen molar-refractivity contribution in [2.45, 2.75) is 13.0 Å². The van der Waals surface area contributed by atoms with Crippen LogP contribution in [-0.2, 0) is 11.3 Å². The van der Waals surface area contributed by atoms with Gasteiger partial charge in [-0.3, -0.25) is 4.79 Å². The van der Waals surface area contributed by atoms with Gasteiger partial charge in [0.05, 0.1) is 6.42 Å². The molecule has 0 atom stereocenters. The van der Waals surface area contributed by atoms with Crippen LogP contribution in [0.4, 0.5) is 22.0 Å². The minimum atomic E-state index is -2.22. The Labute approximate surface area is 105 Å². The number of hydrogen-bond donors (Lipinski definition) is 1. The third-order valence-corrected chi connectivity index (χ3v) is 2.44. The quantitative estimate of drug-likeness (QED) is 0.512. The third-order valence-electron chi connectivity index (χ3n) is 2.44. The van der Waals surface area contributed by atoms with Crippen molar-refractivity contribution in [2.24, 2.45) is 0 Å². The van der Waals surface area contributed by atoms with E-state index in [0.29, 0.717) is 0 Å². The van der Waals surface area contributed by atoms with Gasteiger partial charge in [0.15, 0.2) is 23.3 Å². The molecule has 1 N–H and O–H groups in total. The SMILES string of the molecule is CN(CCC(=O)O)Cc1c(F)c(F)c(F)c(F)c1F. The molecule has 0 amide bonds. The van der Waals surface area contributed by atoms with Gasteiger partial charge in [-0.1, -0.05) is 0 Å². The highest BCUT2D eigenvalue weighted by atomic mass is 19.2. The Balaban J connectivity index is 2.98. The van der Waals surface area contributed by atoms with Crippen LogP contribution in [0, 0.1) is 29.1 Å². The highest BCUT2D eigenvalue weighted by molar-refractivity contribution is 5.66. The monoisotopic (exact) mass is 283 g/mol. The molecule has 8 heteroatoms. The van der Waals surface area contributed by atoms with Crippen LogP contribution in [0.25, 0.3) is 0 Å². The summed E-state index contributed by atoms with van der Waals surface area (Å²) < 4.78 is 65.2. The van der Waals surface area contributed by atoms with Gasteiger partial charge < -0.3 is 10.0 Å². The molecule has 0 saturated carbocycles. The number of carbonyl (C=O) groups is 1. The number of carboxylic acids is 1. The van der Waals surface area contributed by atoms with Gasteiger partial charge in [-0.25, -0.2) is 22.0 Å². The Morgan fingerprint density at radius 3 is 1.84 bits per heavy atom. The van der Waals surface area contributed by atoms with Crippen molar-refractivity contribution in [3.05, 3.63) is 34.6 Å². The average Bonchev–Trinajstić information content (AvgIpc) is 2.36. The fraction of sp³-hybridized carbons (Fsp3) is 0.364. The number of rotatable bonds is 5. The molecule has 1 rings (SSSR count). The van der Waals surface area contributed by atoms with Gasteiger partial charge in [-0.05, 0) is 7.05 Å². The molecule has 0 aliphatic rings. The van der Waals surface area contributed by atoms with Crippen LogP contribution in [0.15, 0.2) is 0 Å². The molecule has 1 aromatic carbocycles. The molecule has 0 spiro atoms. The predicted molar refractivity (Wildman–Crippen MR) is 54.8 cm³/mol. The predicted octanol–water partition coefficient (Wildman–Crippen LogP) is 2.29. The van der Waals surface area contributed by atoms with Crippen molar-refractivity contribution >= 4 is 5.97 Å². The smallest absolute Gasteiger partial charge is 0.304 e. The first-order valence-electron chi connectivity index (χ1n) is 5.16. The Bertz CT molecular complexity index is 477. The lowest BCUT2D eigenvalue weighted by Gasteiger charge is -2.17. The molecule has 1 aromatic rings. The first-order valence-corrected chi connectivity index (χ1v) is 5.16. The Kier molecular flexibility index (Phi) is 4.82. The van der Waals surface area contributed by atoms with E-state index in [1.807, 2.05) is 0 Å². The van der Waals surface area contributed by atoms with E-state index in [2.05, 4.69) is 0 Å². The molecule has 0 unspecified atom stereocenters. The van der Waals surface area contributed by atoms with Crippen LogP contribution < -0.4 is 0 Å². The second-order valence-electron chi connectivity index (χ2n) is 3.93. The molecule has 3 nitrogen and oxygen atoms in total. The molecule has 0 fully saturated rings. The Hall–Kier alpha value is -1.70. The molecule has 0 radical (unpaired) electrons. The first kappa shape index (κ1) is 15.4. The molecule has 0 saturated heterocycles. The average molecular weight is 283 g/mol. The summed E-state index contributed by atoms with van der Waals surface area (Å²) in [4.78, 5) is 11.4. The summed E-state index contributed by atoms with van der Waals surface area (Å²) in [5.41, 5.74) is -0.982. The number of halogens is 5. The third kappa shape index (κ3) is 3.40. The lowest BCUT2D eigenvalue weighted by atomic mass is 10.1. The van der Waals surface area contributed by atoms with E-state index in [1.54, 1.807) is 0 Å². The molecule has 0 aliphatic heterocycles. The highest BCUT2D eigenvalue weighted by Crippen LogP contribution is 2.23. The fourth-order valence-electron chi connectivity index (χ4n) is 1.42. The van der Waals surface area contributed by atoms with E-state index >= 15 is 0 Å². The molecule has 0 bridgehead atoms. The second-order valence-corrected chi connectivity index (χ2v) is 3.93. The highest BCUT2D eigenvalue weighted by Gasteiger charge is 2.26. The van der Waals surface area contributed by atoms with Crippen molar-refractivity contribution in [3.63, 3.8) is 0 Å². The molecular weight excluding hydrogens is 273 g/mol. The van der Waals surface area contributed by atoms with Crippen LogP contribution >= 0.6 is 0 Å². The topological polar surface area (TPSA) is 40.5 Å². The van der Waals surface area contributed by atoms with E-state index in [4.69, 9.17) is 5.11 Å². The van der Waals surface area contributed by atoms with Crippen LogP contribution in [0.2, 0.25) is 0 Å². The summed E-state index contributed by atoms with van der Waals surface area (Å²) in [5, 5.41) is 8.42. The molecule has 0 heterocycles. The summed E-state index contributed by atoms with van der Waals surface area (Å²) in [5.74, 6) is -11.2. The van der Waals surface area contributed by atoms with E-state index < -0.39 is 47.2 Å². The number of benzene rings is 1. The number of nitrogens with zero attached hydrogens (tertiary/aromatic N) is 1. The van der Waals surface area contributed by atoms with Crippen LogP contribution in [0.1, 0.15) is 12.0 Å². The standard InChI is InChI=1S/C11H10F5NO2/c1-17(3-2-6(18)19)4-5-7(12)9(14)11(16)10(15)8(5)13/h2-4H2,1H3,(H,18,19). The molecular formula is C11H10F5NO2. The van der Waals surface area contributed by atoms with Crippen molar-refractivity contribution < 1.29 is 31.9 Å². The van der Waals surface area contributed by atoms with Crippen LogP contribution in [-0.4, -0.2) is 29.6 Å². The van der Waals surface area contributed by atoms with Crippen molar-refractivity contribution in [3.8, 4) is 0 Å². The lowest BCUT2D eigenvalue weighted by Crippen LogP contribution is -2.23. The summed E-state index contributed by atoms with van der Waals surface area (Å²) in [7, 11) is 1.31. The van der Waals surface area contributed by atoms with Crippen LogP contribution in [0.5, 0.6) is 0 Å². The Morgan fingerprint density at radius 2 is 1.42 bits per heavy atom. The number of hydrogen-bond acceptors (Lipinski definition) is 2.